The number of aryl methyl sites for hydroxylation is 1. The fraction of sp³-hybridized carbons (Fsp3) is 0.364. The number of urea groups is 1. The molecule has 2 amide bonds. The molecule has 0 saturated carbocycles. The van der Waals surface area contributed by atoms with Crippen LogP contribution in [0.2, 0.25) is 0 Å². The van der Waals surface area contributed by atoms with Gasteiger partial charge in [-0.25, -0.2) is 4.79 Å². The molecule has 142 valence electrons. The molecule has 2 aromatic heterocycles. The number of fused-ring (bicyclic) bond motifs is 1. The van der Waals surface area contributed by atoms with Crippen molar-refractivity contribution < 1.29 is 4.79 Å². The molecule has 0 saturated heterocycles. The minimum atomic E-state index is -0.0713. The Morgan fingerprint density at radius 2 is 2.07 bits per heavy atom. The van der Waals surface area contributed by atoms with Crippen molar-refractivity contribution in [2.45, 2.75) is 45.7 Å². The number of para-hydroxylation sites is 1. The van der Waals surface area contributed by atoms with Crippen molar-refractivity contribution in [2.75, 3.05) is 7.05 Å². The number of hydrogen-bond acceptors (Lipinski definition) is 2. The van der Waals surface area contributed by atoms with Crippen molar-refractivity contribution in [3.05, 3.63) is 65.6 Å². The van der Waals surface area contributed by atoms with Crippen LogP contribution in [0.4, 0.5) is 4.79 Å². The van der Waals surface area contributed by atoms with Crippen molar-refractivity contribution in [2.24, 2.45) is 0 Å². The number of pyridine rings is 1. The maximum Gasteiger partial charge on any atom is 0.317 e. The number of carbonyl (C=O) groups is 1. The van der Waals surface area contributed by atoms with E-state index in [9.17, 15) is 4.79 Å². The highest BCUT2D eigenvalue weighted by molar-refractivity contribution is 5.84. The second kappa shape index (κ2) is 8.71. The molecule has 27 heavy (non-hydrogen) atoms. The van der Waals surface area contributed by atoms with Crippen LogP contribution in [0, 0.1) is 6.92 Å². The van der Waals surface area contributed by atoms with Crippen LogP contribution in [0.5, 0.6) is 0 Å². The molecule has 2 heterocycles. The number of carbonyl (C=O) groups excluding carboxylic acids is 1. The first kappa shape index (κ1) is 19.0. The van der Waals surface area contributed by atoms with Gasteiger partial charge in [0.2, 0.25) is 0 Å². The van der Waals surface area contributed by atoms with Crippen molar-refractivity contribution in [3.8, 4) is 0 Å². The summed E-state index contributed by atoms with van der Waals surface area (Å²) < 4.78 is 0. The monoisotopic (exact) mass is 364 g/mol. The van der Waals surface area contributed by atoms with Gasteiger partial charge in [-0.05, 0) is 36.6 Å². The molecule has 1 unspecified atom stereocenters. The summed E-state index contributed by atoms with van der Waals surface area (Å²) >= 11 is 0. The average molecular weight is 364 g/mol. The number of nitrogens with one attached hydrogen (secondary N) is 2. The fourth-order valence-corrected chi connectivity index (χ4v) is 3.38. The predicted molar refractivity (Wildman–Crippen MR) is 110 cm³/mol. The molecule has 0 radical (unpaired) electrons. The molecule has 0 spiro atoms. The third kappa shape index (κ3) is 4.48. The number of rotatable bonds is 7. The highest BCUT2D eigenvalue weighted by Gasteiger charge is 2.18. The third-order valence-corrected chi connectivity index (χ3v) is 5.04. The van der Waals surface area contributed by atoms with E-state index in [0.29, 0.717) is 6.54 Å². The second-order valence-corrected chi connectivity index (χ2v) is 7.06. The van der Waals surface area contributed by atoms with E-state index >= 15 is 0 Å². The van der Waals surface area contributed by atoms with E-state index in [2.05, 4.69) is 41.3 Å². The van der Waals surface area contributed by atoms with Crippen LogP contribution in [0.15, 0.2) is 48.8 Å². The number of nitrogens with zero attached hydrogens (tertiary/aromatic N) is 2. The Hall–Kier alpha value is -2.82. The lowest BCUT2D eigenvalue weighted by molar-refractivity contribution is 0.201. The SMILES string of the molecule is CCCCC(NC(=O)N(C)Cc1[nH]c2ccccc2c1C)c1cccnc1. The zero-order valence-electron chi connectivity index (χ0n) is 16.3. The Balaban J connectivity index is 1.70. The molecule has 0 aliphatic heterocycles. The van der Waals surface area contributed by atoms with Crippen LogP contribution < -0.4 is 5.32 Å². The van der Waals surface area contributed by atoms with Crippen molar-refractivity contribution in [1.82, 2.24) is 20.2 Å². The van der Waals surface area contributed by atoms with E-state index in [1.165, 1.54) is 10.9 Å². The van der Waals surface area contributed by atoms with E-state index < -0.39 is 0 Å². The van der Waals surface area contributed by atoms with Crippen molar-refractivity contribution in [3.63, 3.8) is 0 Å². The summed E-state index contributed by atoms with van der Waals surface area (Å²) in [6.07, 6.45) is 6.66. The summed E-state index contributed by atoms with van der Waals surface area (Å²) in [5.74, 6) is 0. The summed E-state index contributed by atoms with van der Waals surface area (Å²) in [6, 6.07) is 12.1. The predicted octanol–water partition coefficient (Wildman–Crippen LogP) is 4.94. The average Bonchev–Trinajstić information content (AvgIpc) is 3.01. The van der Waals surface area contributed by atoms with Gasteiger partial charge in [0, 0.05) is 36.0 Å². The number of aromatic nitrogens is 2. The number of unbranched alkanes of at least 4 members (excludes halogenated alkanes) is 1. The molecule has 3 rings (SSSR count). The molecule has 0 fully saturated rings. The Kier molecular flexibility index (Phi) is 6.12. The molecule has 0 aliphatic carbocycles. The van der Waals surface area contributed by atoms with Crippen LogP contribution in [0.3, 0.4) is 0 Å². The van der Waals surface area contributed by atoms with Crippen LogP contribution in [-0.2, 0) is 6.54 Å². The molecule has 1 atom stereocenters. The smallest absolute Gasteiger partial charge is 0.317 e. The molecule has 5 nitrogen and oxygen atoms in total. The van der Waals surface area contributed by atoms with E-state index in [4.69, 9.17) is 0 Å². The van der Waals surface area contributed by atoms with Gasteiger partial charge in [0.1, 0.15) is 0 Å². The zero-order chi connectivity index (χ0) is 19.2. The first-order valence-corrected chi connectivity index (χ1v) is 9.58. The van der Waals surface area contributed by atoms with Gasteiger partial charge in [-0.15, -0.1) is 0 Å². The van der Waals surface area contributed by atoms with Crippen molar-refractivity contribution in [1.29, 1.82) is 0 Å². The number of hydrogen-bond donors (Lipinski definition) is 2. The van der Waals surface area contributed by atoms with Crippen LogP contribution in [-0.4, -0.2) is 27.9 Å². The maximum absolute atomic E-state index is 12.8. The van der Waals surface area contributed by atoms with Gasteiger partial charge >= 0.3 is 6.03 Å². The molecule has 0 bridgehead atoms. The highest BCUT2D eigenvalue weighted by atomic mass is 16.2. The summed E-state index contributed by atoms with van der Waals surface area (Å²) in [4.78, 5) is 22.2. The summed E-state index contributed by atoms with van der Waals surface area (Å²) in [5.41, 5.74) is 4.42. The maximum atomic E-state index is 12.8. The quantitative estimate of drug-likeness (QED) is 0.623. The van der Waals surface area contributed by atoms with Gasteiger partial charge in [0.25, 0.3) is 0 Å². The number of H-pyrrole nitrogens is 1. The van der Waals surface area contributed by atoms with Gasteiger partial charge in [-0.3, -0.25) is 4.98 Å². The topological polar surface area (TPSA) is 61.0 Å². The third-order valence-electron chi connectivity index (χ3n) is 5.04. The lowest BCUT2D eigenvalue weighted by Crippen LogP contribution is -2.39. The second-order valence-electron chi connectivity index (χ2n) is 7.06. The van der Waals surface area contributed by atoms with E-state index in [1.54, 1.807) is 11.1 Å². The standard InChI is InChI=1S/C22H28N4O/c1-4-5-11-19(17-9-8-13-23-14-17)25-22(27)26(3)15-21-16(2)18-10-6-7-12-20(18)24-21/h6-10,12-14,19,24H,4-5,11,15H2,1-3H3,(H,25,27). The van der Waals surface area contributed by atoms with E-state index in [0.717, 1.165) is 36.0 Å². The first-order chi connectivity index (χ1) is 13.1. The fourth-order valence-electron chi connectivity index (χ4n) is 3.38. The highest BCUT2D eigenvalue weighted by Crippen LogP contribution is 2.23. The number of aromatic amines is 1. The van der Waals surface area contributed by atoms with E-state index in [-0.39, 0.29) is 12.1 Å². The molecule has 1 aromatic carbocycles. The summed E-state index contributed by atoms with van der Waals surface area (Å²) in [6.45, 7) is 4.80. The largest absolute Gasteiger partial charge is 0.357 e. The molecule has 2 N–H and O–H groups in total. The van der Waals surface area contributed by atoms with E-state index in [1.807, 2.05) is 37.5 Å². The minimum absolute atomic E-state index is 0.0163. The molecule has 3 aromatic rings. The normalized spacial score (nSPS) is 12.1. The lowest BCUT2D eigenvalue weighted by Gasteiger charge is -2.24. The molecular formula is C22H28N4O. The Labute approximate surface area is 160 Å². The minimum Gasteiger partial charge on any atom is -0.357 e. The summed E-state index contributed by atoms with van der Waals surface area (Å²) in [7, 11) is 1.83. The summed E-state index contributed by atoms with van der Waals surface area (Å²) in [5, 5.41) is 4.38. The Bertz CT molecular complexity index is 888. The van der Waals surface area contributed by atoms with Crippen molar-refractivity contribution >= 4 is 16.9 Å². The van der Waals surface area contributed by atoms with Gasteiger partial charge in [-0.1, -0.05) is 44.0 Å². The number of benzene rings is 1. The Morgan fingerprint density at radius 3 is 2.78 bits per heavy atom. The molecule has 5 heteroatoms. The number of amides is 2. The first-order valence-electron chi connectivity index (χ1n) is 9.58. The van der Waals surface area contributed by atoms with Gasteiger partial charge in [0.15, 0.2) is 0 Å². The zero-order valence-corrected chi connectivity index (χ0v) is 16.3. The van der Waals surface area contributed by atoms with Gasteiger partial charge in [-0.2, -0.15) is 0 Å². The van der Waals surface area contributed by atoms with Crippen LogP contribution in [0.25, 0.3) is 10.9 Å². The van der Waals surface area contributed by atoms with Crippen LogP contribution in [0.1, 0.15) is 49.0 Å². The van der Waals surface area contributed by atoms with Crippen LogP contribution >= 0.6 is 0 Å². The Morgan fingerprint density at radius 1 is 1.26 bits per heavy atom. The lowest BCUT2D eigenvalue weighted by atomic mass is 10.0. The van der Waals surface area contributed by atoms with Gasteiger partial charge in [0.05, 0.1) is 12.6 Å². The van der Waals surface area contributed by atoms with Gasteiger partial charge < -0.3 is 15.2 Å². The molecule has 0 aliphatic rings. The molecular weight excluding hydrogens is 336 g/mol.